The molecule has 0 bridgehead atoms. The SMILES string of the molecule is Cc1nnc(CNC(=O)Nc2cc(Cl)c(Cl)cn2)s1. The van der Waals surface area contributed by atoms with Crippen LogP contribution in [0.2, 0.25) is 10.0 Å². The lowest BCUT2D eigenvalue weighted by Crippen LogP contribution is -2.28. The number of nitrogens with one attached hydrogen (secondary N) is 2. The van der Waals surface area contributed by atoms with E-state index in [2.05, 4.69) is 25.8 Å². The first kappa shape index (κ1) is 14.0. The molecule has 0 aliphatic rings. The van der Waals surface area contributed by atoms with E-state index in [0.29, 0.717) is 22.4 Å². The number of amides is 2. The maximum absolute atomic E-state index is 11.6. The van der Waals surface area contributed by atoms with Crippen molar-refractivity contribution in [3.63, 3.8) is 0 Å². The monoisotopic (exact) mass is 317 g/mol. The Hall–Kier alpha value is -1.44. The smallest absolute Gasteiger partial charge is 0.320 e. The summed E-state index contributed by atoms with van der Waals surface area (Å²) in [6.45, 7) is 2.15. The first-order valence-corrected chi connectivity index (χ1v) is 6.76. The zero-order chi connectivity index (χ0) is 13.8. The molecule has 2 amide bonds. The molecule has 0 fully saturated rings. The van der Waals surface area contributed by atoms with E-state index >= 15 is 0 Å². The largest absolute Gasteiger partial charge is 0.331 e. The highest BCUT2D eigenvalue weighted by Gasteiger charge is 2.07. The minimum absolute atomic E-state index is 0.304. The van der Waals surface area contributed by atoms with E-state index in [1.165, 1.54) is 23.6 Å². The van der Waals surface area contributed by atoms with E-state index in [1.54, 1.807) is 0 Å². The van der Waals surface area contributed by atoms with Crippen molar-refractivity contribution in [2.24, 2.45) is 0 Å². The minimum atomic E-state index is -0.404. The van der Waals surface area contributed by atoms with Gasteiger partial charge in [0.25, 0.3) is 0 Å². The number of aryl methyl sites for hydroxylation is 1. The number of anilines is 1. The van der Waals surface area contributed by atoms with Crippen LogP contribution in [0.25, 0.3) is 0 Å². The second-order valence-corrected chi connectivity index (χ2v) is 5.59. The van der Waals surface area contributed by atoms with E-state index in [-0.39, 0.29) is 0 Å². The van der Waals surface area contributed by atoms with Crippen LogP contribution >= 0.6 is 34.5 Å². The van der Waals surface area contributed by atoms with Crippen LogP contribution < -0.4 is 10.6 Å². The van der Waals surface area contributed by atoms with Crippen molar-refractivity contribution in [2.45, 2.75) is 13.5 Å². The fourth-order valence-electron chi connectivity index (χ4n) is 1.21. The number of hydrogen-bond donors (Lipinski definition) is 2. The number of carbonyl (C=O) groups is 1. The number of rotatable bonds is 3. The van der Waals surface area contributed by atoms with Gasteiger partial charge in [0.1, 0.15) is 15.8 Å². The van der Waals surface area contributed by atoms with Crippen molar-refractivity contribution >= 4 is 46.4 Å². The number of halogens is 2. The summed E-state index contributed by atoms with van der Waals surface area (Å²) in [6, 6.07) is 1.07. The van der Waals surface area contributed by atoms with Crippen LogP contribution in [0, 0.1) is 6.92 Å². The van der Waals surface area contributed by atoms with Gasteiger partial charge in [0.05, 0.1) is 16.6 Å². The Labute approximate surface area is 123 Å². The number of pyridine rings is 1. The molecular weight excluding hydrogens is 309 g/mol. The molecule has 0 aliphatic carbocycles. The van der Waals surface area contributed by atoms with E-state index in [4.69, 9.17) is 23.2 Å². The zero-order valence-electron chi connectivity index (χ0n) is 9.78. The molecule has 9 heteroatoms. The third-order valence-electron chi connectivity index (χ3n) is 2.02. The Morgan fingerprint density at radius 2 is 2.16 bits per heavy atom. The van der Waals surface area contributed by atoms with Crippen LogP contribution in [0.15, 0.2) is 12.3 Å². The normalized spacial score (nSPS) is 10.3. The molecule has 0 saturated carbocycles. The molecule has 0 radical (unpaired) electrons. The molecule has 0 spiro atoms. The summed E-state index contributed by atoms with van der Waals surface area (Å²) < 4.78 is 0. The summed E-state index contributed by atoms with van der Waals surface area (Å²) in [5.74, 6) is 0.320. The van der Waals surface area contributed by atoms with Crippen molar-refractivity contribution in [1.29, 1.82) is 0 Å². The van der Waals surface area contributed by atoms with Crippen molar-refractivity contribution < 1.29 is 4.79 Å². The molecule has 0 unspecified atom stereocenters. The summed E-state index contributed by atoms with van der Waals surface area (Å²) >= 11 is 13.0. The van der Waals surface area contributed by atoms with Gasteiger partial charge < -0.3 is 5.32 Å². The predicted octanol–water partition coefficient (Wildman–Crippen LogP) is 2.87. The van der Waals surface area contributed by atoms with Gasteiger partial charge in [0.2, 0.25) is 0 Å². The van der Waals surface area contributed by atoms with Gasteiger partial charge in [-0.2, -0.15) is 0 Å². The molecule has 2 N–H and O–H groups in total. The molecule has 6 nitrogen and oxygen atoms in total. The summed E-state index contributed by atoms with van der Waals surface area (Å²) in [6.07, 6.45) is 1.37. The average Bonchev–Trinajstić information content (AvgIpc) is 2.77. The lowest BCUT2D eigenvalue weighted by Gasteiger charge is -2.06. The molecule has 2 heterocycles. The van der Waals surface area contributed by atoms with Gasteiger partial charge in [0.15, 0.2) is 0 Å². The molecule has 19 heavy (non-hydrogen) atoms. The summed E-state index contributed by atoms with van der Waals surface area (Å²) in [5, 5.41) is 15.2. The fourth-order valence-corrected chi connectivity index (χ4v) is 2.11. The molecule has 0 aliphatic heterocycles. The Bertz CT molecular complexity index is 603. The van der Waals surface area contributed by atoms with Gasteiger partial charge in [-0.05, 0) is 6.92 Å². The summed E-state index contributed by atoms with van der Waals surface area (Å²) in [5.41, 5.74) is 0. The van der Waals surface area contributed by atoms with Gasteiger partial charge in [-0.1, -0.05) is 34.5 Å². The van der Waals surface area contributed by atoms with Crippen molar-refractivity contribution in [3.8, 4) is 0 Å². The van der Waals surface area contributed by atoms with Crippen LogP contribution in [-0.4, -0.2) is 21.2 Å². The second kappa shape index (κ2) is 6.14. The second-order valence-electron chi connectivity index (χ2n) is 3.51. The van der Waals surface area contributed by atoms with E-state index in [9.17, 15) is 4.79 Å². The summed E-state index contributed by atoms with van der Waals surface area (Å²) in [7, 11) is 0. The number of urea groups is 1. The lowest BCUT2D eigenvalue weighted by atomic mass is 10.4. The number of carbonyl (C=O) groups excluding carboxylic acids is 1. The first-order valence-electron chi connectivity index (χ1n) is 5.19. The Balaban J connectivity index is 1.88. The first-order chi connectivity index (χ1) is 9.04. The standard InChI is InChI=1S/C10H9Cl2N5OS/c1-5-16-17-9(19-5)4-14-10(18)15-8-2-6(11)7(12)3-13-8/h2-3H,4H2,1H3,(H2,13,14,15,18). The third kappa shape index (κ3) is 4.02. The van der Waals surface area contributed by atoms with Gasteiger partial charge >= 0.3 is 6.03 Å². The molecule has 2 aromatic rings. The van der Waals surface area contributed by atoms with Crippen molar-refractivity contribution in [2.75, 3.05) is 5.32 Å². The molecule has 100 valence electrons. The molecule has 2 rings (SSSR count). The van der Waals surface area contributed by atoms with E-state index < -0.39 is 6.03 Å². The van der Waals surface area contributed by atoms with Crippen LogP contribution in [0.4, 0.5) is 10.6 Å². The van der Waals surface area contributed by atoms with Crippen LogP contribution in [-0.2, 0) is 6.54 Å². The highest BCUT2D eigenvalue weighted by Crippen LogP contribution is 2.22. The molecule has 0 aromatic carbocycles. The Kier molecular flexibility index (Phi) is 4.52. The van der Waals surface area contributed by atoms with Gasteiger partial charge in [-0.25, -0.2) is 9.78 Å². The number of nitrogens with zero attached hydrogens (tertiary/aromatic N) is 3. The Morgan fingerprint density at radius 3 is 2.79 bits per heavy atom. The van der Waals surface area contributed by atoms with Crippen LogP contribution in [0.3, 0.4) is 0 Å². The fraction of sp³-hybridized carbons (Fsp3) is 0.200. The maximum Gasteiger partial charge on any atom is 0.320 e. The van der Waals surface area contributed by atoms with E-state index in [1.807, 2.05) is 6.92 Å². The quantitative estimate of drug-likeness (QED) is 0.912. The Morgan fingerprint density at radius 1 is 1.37 bits per heavy atom. The highest BCUT2D eigenvalue weighted by atomic mass is 35.5. The lowest BCUT2D eigenvalue weighted by molar-refractivity contribution is 0.251. The predicted molar refractivity (Wildman–Crippen MR) is 74.8 cm³/mol. The third-order valence-corrected chi connectivity index (χ3v) is 3.57. The highest BCUT2D eigenvalue weighted by molar-refractivity contribution is 7.11. The summed E-state index contributed by atoms with van der Waals surface area (Å²) in [4.78, 5) is 15.5. The molecular formula is C10H9Cl2N5OS. The van der Waals surface area contributed by atoms with Crippen molar-refractivity contribution in [3.05, 3.63) is 32.3 Å². The van der Waals surface area contributed by atoms with Crippen LogP contribution in [0.1, 0.15) is 10.0 Å². The molecule has 0 atom stereocenters. The maximum atomic E-state index is 11.6. The van der Waals surface area contributed by atoms with Gasteiger partial charge in [-0.15, -0.1) is 10.2 Å². The van der Waals surface area contributed by atoms with Gasteiger partial charge in [0, 0.05) is 12.3 Å². The minimum Gasteiger partial charge on any atom is -0.331 e. The number of hydrogen-bond acceptors (Lipinski definition) is 5. The van der Waals surface area contributed by atoms with E-state index in [0.717, 1.165) is 10.0 Å². The van der Waals surface area contributed by atoms with Gasteiger partial charge in [-0.3, -0.25) is 5.32 Å². The number of aromatic nitrogens is 3. The zero-order valence-corrected chi connectivity index (χ0v) is 12.1. The average molecular weight is 318 g/mol. The van der Waals surface area contributed by atoms with Crippen molar-refractivity contribution in [1.82, 2.24) is 20.5 Å². The topological polar surface area (TPSA) is 79.8 Å². The molecule has 2 aromatic heterocycles. The molecule has 0 saturated heterocycles. The van der Waals surface area contributed by atoms with Crippen LogP contribution in [0.5, 0.6) is 0 Å².